The van der Waals surface area contributed by atoms with E-state index in [1.165, 1.54) is 21.9 Å². The van der Waals surface area contributed by atoms with Gasteiger partial charge in [0.15, 0.2) is 5.96 Å². The molecule has 2 aromatic rings. The Hall–Kier alpha value is -2.00. The predicted molar refractivity (Wildman–Crippen MR) is 120 cm³/mol. The molecule has 2 N–H and O–H groups in total. The van der Waals surface area contributed by atoms with Crippen molar-refractivity contribution in [2.24, 2.45) is 4.99 Å². The van der Waals surface area contributed by atoms with Crippen molar-refractivity contribution in [1.82, 2.24) is 15.5 Å². The van der Waals surface area contributed by atoms with Crippen LogP contribution >= 0.6 is 11.3 Å². The van der Waals surface area contributed by atoms with Gasteiger partial charge >= 0.3 is 0 Å². The number of nitrogens with one attached hydrogen (secondary N) is 2. The van der Waals surface area contributed by atoms with E-state index in [1.54, 1.807) is 26.3 Å². The van der Waals surface area contributed by atoms with Crippen LogP contribution in [0.2, 0.25) is 0 Å². The summed E-state index contributed by atoms with van der Waals surface area (Å²) < 4.78 is 24.3. The quantitative estimate of drug-likeness (QED) is 0.494. The first-order valence-electron chi connectivity index (χ1n) is 10.2. The number of guanidine groups is 1. The van der Waals surface area contributed by atoms with Crippen LogP contribution in [0.4, 0.5) is 4.39 Å². The third-order valence-electron chi connectivity index (χ3n) is 5.24. The maximum atomic E-state index is 13.2. The number of hydrogen-bond donors (Lipinski definition) is 2. The molecule has 0 spiro atoms. The number of hydrogen-bond acceptors (Lipinski definition) is 5. The summed E-state index contributed by atoms with van der Waals surface area (Å²) in [5.41, 5.74) is 0.919. The minimum absolute atomic E-state index is 0.195. The van der Waals surface area contributed by atoms with Gasteiger partial charge in [0.25, 0.3) is 0 Å². The van der Waals surface area contributed by atoms with E-state index < -0.39 is 0 Å². The van der Waals surface area contributed by atoms with Crippen molar-refractivity contribution in [3.8, 4) is 0 Å². The highest BCUT2D eigenvalue weighted by Gasteiger charge is 2.24. The van der Waals surface area contributed by atoms with Crippen molar-refractivity contribution in [2.75, 3.05) is 53.6 Å². The number of aryl methyl sites for hydroxylation is 1. The number of halogens is 1. The molecule has 0 amide bonds. The molecule has 0 aliphatic carbocycles. The molecule has 0 bridgehead atoms. The zero-order valence-corrected chi connectivity index (χ0v) is 18.7. The summed E-state index contributed by atoms with van der Waals surface area (Å²) in [6.45, 7) is 6.79. The van der Waals surface area contributed by atoms with E-state index in [0.717, 1.165) is 38.4 Å². The second-order valence-corrected chi connectivity index (χ2v) is 8.54. The Kier molecular flexibility index (Phi) is 8.62. The highest BCUT2D eigenvalue weighted by Crippen LogP contribution is 2.28. The molecule has 0 saturated carbocycles. The molecular formula is C22H31FN4O2S. The molecule has 164 valence electrons. The van der Waals surface area contributed by atoms with Gasteiger partial charge in [0.05, 0.1) is 25.4 Å². The van der Waals surface area contributed by atoms with E-state index in [-0.39, 0.29) is 18.0 Å². The van der Waals surface area contributed by atoms with Gasteiger partial charge in [-0.15, -0.1) is 11.3 Å². The first-order chi connectivity index (χ1) is 14.6. The van der Waals surface area contributed by atoms with E-state index in [4.69, 9.17) is 9.47 Å². The summed E-state index contributed by atoms with van der Waals surface area (Å²) in [5, 5.41) is 6.79. The number of nitrogens with zero attached hydrogens (tertiary/aromatic N) is 2. The zero-order valence-electron chi connectivity index (χ0n) is 17.9. The van der Waals surface area contributed by atoms with Crippen LogP contribution in [0, 0.1) is 12.7 Å². The van der Waals surface area contributed by atoms with Crippen LogP contribution in [0.25, 0.3) is 0 Å². The summed E-state index contributed by atoms with van der Waals surface area (Å²) in [4.78, 5) is 9.48. The number of morpholine rings is 1. The smallest absolute Gasteiger partial charge is 0.191 e. The van der Waals surface area contributed by atoms with Crippen molar-refractivity contribution >= 4 is 17.3 Å². The minimum Gasteiger partial charge on any atom is -0.379 e. The first kappa shape index (κ1) is 22.7. The molecule has 8 heteroatoms. The van der Waals surface area contributed by atoms with Crippen molar-refractivity contribution < 1.29 is 13.9 Å². The Morgan fingerprint density at radius 3 is 2.47 bits per heavy atom. The van der Waals surface area contributed by atoms with Gasteiger partial charge < -0.3 is 20.1 Å². The predicted octanol–water partition coefficient (Wildman–Crippen LogP) is 3.12. The molecule has 1 saturated heterocycles. The standard InChI is InChI=1S/C22H31FN4O2S/c1-16-4-9-21(30-16)19(27-10-12-29-13-11-27)14-25-22(24-2)26-15-20(28-3)17-5-7-18(23)8-6-17/h4-9,19-20H,10-15H2,1-3H3,(H2,24,25,26). The molecule has 2 unspecified atom stereocenters. The molecule has 1 aliphatic rings. The first-order valence-corrected chi connectivity index (χ1v) is 11.0. The fourth-order valence-electron chi connectivity index (χ4n) is 3.55. The molecule has 1 aromatic carbocycles. The lowest BCUT2D eigenvalue weighted by molar-refractivity contribution is 0.0177. The number of rotatable bonds is 8. The van der Waals surface area contributed by atoms with E-state index in [0.29, 0.717) is 12.5 Å². The van der Waals surface area contributed by atoms with E-state index in [9.17, 15) is 4.39 Å². The highest BCUT2D eigenvalue weighted by atomic mass is 32.1. The Labute approximate surface area is 182 Å². The van der Waals surface area contributed by atoms with Crippen LogP contribution in [0.1, 0.15) is 27.5 Å². The average molecular weight is 435 g/mol. The summed E-state index contributed by atoms with van der Waals surface area (Å²) in [6, 6.07) is 11.0. The average Bonchev–Trinajstić information content (AvgIpc) is 3.20. The zero-order chi connectivity index (χ0) is 21.3. The van der Waals surface area contributed by atoms with E-state index >= 15 is 0 Å². The van der Waals surface area contributed by atoms with Crippen LogP contribution < -0.4 is 10.6 Å². The molecule has 1 fully saturated rings. The Balaban J connectivity index is 1.59. The normalized spacial score (nSPS) is 17.5. The Bertz CT molecular complexity index is 806. The van der Waals surface area contributed by atoms with Crippen LogP contribution in [-0.2, 0) is 9.47 Å². The molecule has 1 aromatic heterocycles. The van der Waals surface area contributed by atoms with Gasteiger partial charge in [-0.3, -0.25) is 9.89 Å². The van der Waals surface area contributed by atoms with Crippen molar-refractivity contribution in [2.45, 2.75) is 19.1 Å². The number of aliphatic imine (C=N–C) groups is 1. The summed E-state index contributed by atoms with van der Waals surface area (Å²) in [6.07, 6.45) is -0.195. The minimum atomic E-state index is -0.253. The third-order valence-corrected chi connectivity index (χ3v) is 6.35. The maximum absolute atomic E-state index is 13.2. The molecule has 2 heterocycles. The van der Waals surface area contributed by atoms with Crippen molar-refractivity contribution in [3.05, 3.63) is 57.5 Å². The third kappa shape index (κ3) is 6.25. The fraction of sp³-hybridized carbons (Fsp3) is 0.500. The topological polar surface area (TPSA) is 58.1 Å². The van der Waals surface area contributed by atoms with Gasteiger partial charge in [0.2, 0.25) is 0 Å². The van der Waals surface area contributed by atoms with E-state index in [1.807, 2.05) is 11.3 Å². The highest BCUT2D eigenvalue weighted by molar-refractivity contribution is 7.12. The van der Waals surface area contributed by atoms with E-state index in [2.05, 4.69) is 39.6 Å². The second kappa shape index (κ2) is 11.4. The summed E-state index contributed by atoms with van der Waals surface area (Å²) in [7, 11) is 3.41. The van der Waals surface area contributed by atoms with Crippen LogP contribution in [0.15, 0.2) is 41.4 Å². The molecule has 3 rings (SSSR count). The largest absolute Gasteiger partial charge is 0.379 e. The van der Waals surface area contributed by atoms with Crippen LogP contribution in [0.3, 0.4) is 0 Å². The van der Waals surface area contributed by atoms with Crippen molar-refractivity contribution in [1.29, 1.82) is 0 Å². The number of ether oxygens (including phenoxy) is 2. The van der Waals surface area contributed by atoms with Gasteiger partial charge in [-0.05, 0) is 36.8 Å². The maximum Gasteiger partial charge on any atom is 0.191 e. The molecule has 0 radical (unpaired) electrons. The van der Waals surface area contributed by atoms with Gasteiger partial charge in [0.1, 0.15) is 5.82 Å². The molecule has 30 heavy (non-hydrogen) atoms. The summed E-state index contributed by atoms with van der Waals surface area (Å²) in [5.74, 6) is 0.461. The second-order valence-electron chi connectivity index (χ2n) is 7.22. The fourth-order valence-corrected chi connectivity index (χ4v) is 4.56. The lowest BCUT2D eigenvalue weighted by Crippen LogP contribution is -2.46. The van der Waals surface area contributed by atoms with Gasteiger partial charge in [0, 0.05) is 50.1 Å². The molecule has 2 atom stereocenters. The Morgan fingerprint density at radius 2 is 1.87 bits per heavy atom. The van der Waals surface area contributed by atoms with Crippen LogP contribution in [-0.4, -0.2) is 64.4 Å². The number of thiophene rings is 1. The van der Waals surface area contributed by atoms with Crippen LogP contribution in [0.5, 0.6) is 0 Å². The number of benzene rings is 1. The SMILES string of the molecule is CN=C(NCC(OC)c1ccc(F)cc1)NCC(c1ccc(C)s1)N1CCOCC1. The molecule has 6 nitrogen and oxygen atoms in total. The summed E-state index contributed by atoms with van der Waals surface area (Å²) >= 11 is 1.84. The number of methoxy groups -OCH3 is 1. The lowest BCUT2D eigenvalue weighted by Gasteiger charge is -2.34. The Morgan fingerprint density at radius 1 is 1.17 bits per heavy atom. The molecule has 1 aliphatic heterocycles. The van der Waals surface area contributed by atoms with Gasteiger partial charge in [-0.25, -0.2) is 4.39 Å². The van der Waals surface area contributed by atoms with Crippen molar-refractivity contribution in [3.63, 3.8) is 0 Å². The van der Waals surface area contributed by atoms with Gasteiger partial charge in [-0.2, -0.15) is 0 Å². The molecular weight excluding hydrogens is 403 g/mol. The lowest BCUT2D eigenvalue weighted by atomic mass is 10.1. The van der Waals surface area contributed by atoms with Gasteiger partial charge in [-0.1, -0.05) is 12.1 Å². The monoisotopic (exact) mass is 434 g/mol.